The van der Waals surface area contributed by atoms with E-state index in [4.69, 9.17) is 5.11 Å². The Bertz CT molecular complexity index is 351. The van der Waals surface area contributed by atoms with Crippen LogP contribution in [0, 0.1) is 11.8 Å². The quantitative estimate of drug-likeness (QED) is 0.835. The van der Waals surface area contributed by atoms with Crippen LogP contribution < -0.4 is 5.32 Å². The second kappa shape index (κ2) is 6.95. The Kier molecular flexibility index (Phi) is 5.26. The number of likely N-dealkylation sites (tertiary alicyclic amines) is 1. The number of aliphatic carboxylic acids is 1. The smallest absolute Gasteiger partial charge is 0.317 e. The summed E-state index contributed by atoms with van der Waals surface area (Å²) in [4.78, 5) is 24.9. The van der Waals surface area contributed by atoms with Gasteiger partial charge >= 0.3 is 12.0 Å². The van der Waals surface area contributed by atoms with Crippen LogP contribution in [-0.2, 0) is 4.79 Å². The van der Waals surface area contributed by atoms with Crippen LogP contribution in [-0.4, -0.2) is 41.1 Å². The molecule has 5 nitrogen and oxygen atoms in total. The molecule has 0 aromatic heterocycles. The fourth-order valence-corrected chi connectivity index (χ4v) is 3.39. The SMILES string of the molecule is CCC1CCCC(NC(=O)N2CCC(C(=O)O)CC2)C1. The zero-order chi connectivity index (χ0) is 14.5. The number of rotatable bonds is 3. The Morgan fingerprint density at radius 1 is 1.20 bits per heavy atom. The van der Waals surface area contributed by atoms with Crippen LogP contribution in [0.4, 0.5) is 4.79 Å². The molecule has 2 fully saturated rings. The van der Waals surface area contributed by atoms with Gasteiger partial charge in [-0.25, -0.2) is 4.79 Å². The zero-order valence-corrected chi connectivity index (χ0v) is 12.3. The summed E-state index contributed by atoms with van der Waals surface area (Å²) < 4.78 is 0. The van der Waals surface area contributed by atoms with E-state index in [1.54, 1.807) is 4.90 Å². The molecular formula is C15H26N2O3. The van der Waals surface area contributed by atoms with Gasteiger partial charge in [-0.2, -0.15) is 0 Å². The van der Waals surface area contributed by atoms with Crippen molar-refractivity contribution in [3.8, 4) is 0 Å². The highest BCUT2D eigenvalue weighted by atomic mass is 16.4. The monoisotopic (exact) mass is 282 g/mol. The van der Waals surface area contributed by atoms with Gasteiger partial charge in [-0.1, -0.05) is 26.2 Å². The molecule has 5 heteroatoms. The van der Waals surface area contributed by atoms with Gasteiger partial charge in [0.05, 0.1) is 5.92 Å². The van der Waals surface area contributed by atoms with E-state index in [0.717, 1.165) is 18.8 Å². The number of hydrogen-bond donors (Lipinski definition) is 2. The molecule has 2 rings (SSSR count). The topological polar surface area (TPSA) is 69.6 Å². The summed E-state index contributed by atoms with van der Waals surface area (Å²) in [5.74, 6) is -0.270. The normalized spacial score (nSPS) is 28.1. The number of hydrogen-bond acceptors (Lipinski definition) is 2. The summed E-state index contributed by atoms with van der Waals surface area (Å²) in [5, 5.41) is 12.1. The minimum atomic E-state index is -0.733. The standard InChI is InChI=1S/C15H26N2O3/c1-2-11-4-3-5-13(10-11)16-15(20)17-8-6-12(7-9-17)14(18)19/h11-13H,2-10H2,1H3,(H,16,20)(H,18,19). The van der Waals surface area contributed by atoms with Crippen LogP contribution in [0.5, 0.6) is 0 Å². The maximum Gasteiger partial charge on any atom is 0.317 e. The molecule has 1 saturated heterocycles. The number of carbonyl (C=O) groups is 2. The van der Waals surface area contributed by atoms with E-state index in [-0.39, 0.29) is 11.9 Å². The highest BCUT2D eigenvalue weighted by Crippen LogP contribution is 2.27. The molecule has 0 spiro atoms. The van der Waals surface area contributed by atoms with Crippen LogP contribution >= 0.6 is 0 Å². The van der Waals surface area contributed by atoms with Crippen molar-refractivity contribution in [2.24, 2.45) is 11.8 Å². The Balaban J connectivity index is 1.76. The summed E-state index contributed by atoms with van der Waals surface area (Å²) >= 11 is 0. The molecule has 1 saturated carbocycles. The van der Waals surface area contributed by atoms with Gasteiger partial charge < -0.3 is 15.3 Å². The van der Waals surface area contributed by atoms with Crippen LogP contribution in [0.15, 0.2) is 0 Å². The lowest BCUT2D eigenvalue weighted by atomic mass is 9.84. The van der Waals surface area contributed by atoms with Crippen molar-refractivity contribution in [3.05, 3.63) is 0 Å². The third kappa shape index (κ3) is 3.87. The van der Waals surface area contributed by atoms with E-state index >= 15 is 0 Å². The first-order valence-corrected chi connectivity index (χ1v) is 7.88. The fraction of sp³-hybridized carbons (Fsp3) is 0.867. The van der Waals surface area contributed by atoms with Crippen LogP contribution in [0.1, 0.15) is 51.9 Å². The van der Waals surface area contributed by atoms with Crippen molar-refractivity contribution >= 4 is 12.0 Å². The molecule has 0 aromatic carbocycles. The van der Waals surface area contributed by atoms with Gasteiger partial charge in [0, 0.05) is 19.1 Å². The average molecular weight is 282 g/mol. The first-order chi connectivity index (χ1) is 9.60. The molecule has 1 aliphatic heterocycles. The summed E-state index contributed by atoms with van der Waals surface area (Å²) in [6.45, 7) is 3.34. The molecular weight excluding hydrogens is 256 g/mol. The molecule has 2 amide bonds. The van der Waals surface area contributed by atoms with E-state index in [1.807, 2.05) is 0 Å². The summed E-state index contributed by atoms with van der Waals surface area (Å²) in [5.41, 5.74) is 0. The highest BCUT2D eigenvalue weighted by molar-refractivity contribution is 5.75. The van der Waals surface area contributed by atoms with Crippen molar-refractivity contribution in [2.45, 2.75) is 57.9 Å². The van der Waals surface area contributed by atoms with Crippen molar-refractivity contribution in [3.63, 3.8) is 0 Å². The average Bonchev–Trinajstić information content (AvgIpc) is 2.47. The maximum atomic E-state index is 12.2. The van der Waals surface area contributed by atoms with Crippen LogP contribution in [0.2, 0.25) is 0 Å². The Labute approximate surface area is 120 Å². The first-order valence-electron chi connectivity index (χ1n) is 7.88. The largest absolute Gasteiger partial charge is 0.481 e. The molecule has 0 aromatic rings. The van der Waals surface area contributed by atoms with E-state index in [2.05, 4.69) is 12.2 Å². The lowest BCUT2D eigenvalue weighted by molar-refractivity contribution is -0.143. The number of amides is 2. The summed E-state index contributed by atoms with van der Waals surface area (Å²) in [6, 6.07) is 0.300. The molecule has 114 valence electrons. The van der Waals surface area contributed by atoms with Crippen LogP contribution in [0.3, 0.4) is 0 Å². The summed E-state index contributed by atoms with van der Waals surface area (Å²) in [7, 11) is 0. The number of carboxylic acid groups (broad SMARTS) is 1. The minimum Gasteiger partial charge on any atom is -0.481 e. The van der Waals surface area contributed by atoms with E-state index < -0.39 is 5.97 Å². The molecule has 2 N–H and O–H groups in total. The number of piperidine rings is 1. The molecule has 0 radical (unpaired) electrons. The van der Waals surface area contributed by atoms with Gasteiger partial charge in [0.1, 0.15) is 0 Å². The number of carbonyl (C=O) groups excluding carboxylic acids is 1. The molecule has 1 aliphatic carbocycles. The number of nitrogens with zero attached hydrogens (tertiary/aromatic N) is 1. The highest BCUT2D eigenvalue weighted by Gasteiger charge is 2.29. The van der Waals surface area contributed by atoms with Crippen LogP contribution in [0.25, 0.3) is 0 Å². The Morgan fingerprint density at radius 3 is 2.50 bits per heavy atom. The third-order valence-electron chi connectivity index (χ3n) is 4.82. The van der Waals surface area contributed by atoms with Crippen molar-refractivity contribution < 1.29 is 14.7 Å². The maximum absolute atomic E-state index is 12.2. The van der Waals surface area contributed by atoms with Crippen molar-refractivity contribution in [2.75, 3.05) is 13.1 Å². The van der Waals surface area contributed by atoms with Gasteiger partial charge in [-0.15, -0.1) is 0 Å². The molecule has 2 aliphatic rings. The first kappa shape index (κ1) is 15.1. The van der Waals surface area contributed by atoms with E-state index in [1.165, 1.54) is 19.3 Å². The third-order valence-corrected chi connectivity index (χ3v) is 4.82. The molecule has 2 unspecified atom stereocenters. The predicted octanol–water partition coefficient (Wildman–Crippen LogP) is 2.46. The van der Waals surface area contributed by atoms with Crippen molar-refractivity contribution in [1.29, 1.82) is 0 Å². The molecule has 0 bridgehead atoms. The molecule has 1 heterocycles. The lowest BCUT2D eigenvalue weighted by Gasteiger charge is -2.34. The van der Waals surface area contributed by atoms with Gasteiger partial charge in [0.15, 0.2) is 0 Å². The van der Waals surface area contributed by atoms with Gasteiger partial charge in [-0.3, -0.25) is 4.79 Å². The van der Waals surface area contributed by atoms with Crippen molar-refractivity contribution in [1.82, 2.24) is 10.2 Å². The lowest BCUT2D eigenvalue weighted by Crippen LogP contribution is -2.49. The minimum absolute atomic E-state index is 0.00408. The van der Waals surface area contributed by atoms with Gasteiger partial charge in [0.2, 0.25) is 0 Å². The van der Waals surface area contributed by atoms with E-state index in [9.17, 15) is 9.59 Å². The molecule has 2 atom stereocenters. The van der Waals surface area contributed by atoms with Gasteiger partial charge in [-0.05, 0) is 31.6 Å². The Morgan fingerprint density at radius 2 is 1.90 bits per heavy atom. The fourth-order valence-electron chi connectivity index (χ4n) is 3.39. The van der Waals surface area contributed by atoms with E-state index in [0.29, 0.717) is 32.0 Å². The Hall–Kier alpha value is -1.26. The predicted molar refractivity (Wildman–Crippen MR) is 76.5 cm³/mol. The molecule has 20 heavy (non-hydrogen) atoms. The zero-order valence-electron chi connectivity index (χ0n) is 12.3. The van der Waals surface area contributed by atoms with Gasteiger partial charge in [0.25, 0.3) is 0 Å². The second-order valence-corrected chi connectivity index (χ2v) is 6.19. The number of carboxylic acids is 1. The number of urea groups is 1. The number of nitrogens with one attached hydrogen (secondary N) is 1. The summed E-state index contributed by atoms with van der Waals surface area (Å²) in [6.07, 6.45) is 6.99. The second-order valence-electron chi connectivity index (χ2n) is 6.19.